The first-order chi connectivity index (χ1) is 10.9. The molecule has 0 atom stereocenters. The van der Waals surface area contributed by atoms with Crippen molar-refractivity contribution in [2.24, 2.45) is 0 Å². The minimum Gasteiger partial charge on any atom is -0.493 e. The van der Waals surface area contributed by atoms with Gasteiger partial charge in [-0.15, -0.1) is 0 Å². The number of nitrogens with one attached hydrogen (secondary N) is 1. The van der Waals surface area contributed by atoms with Crippen molar-refractivity contribution in [1.29, 1.82) is 0 Å². The van der Waals surface area contributed by atoms with Crippen LogP contribution in [-0.4, -0.2) is 13.2 Å². The molecule has 2 rings (SSSR count). The van der Waals surface area contributed by atoms with Gasteiger partial charge in [0.15, 0.2) is 11.5 Å². The van der Waals surface area contributed by atoms with Crippen molar-refractivity contribution in [2.45, 2.75) is 26.5 Å². The minimum absolute atomic E-state index is 0.0380. The first-order valence-electron chi connectivity index (χ1n) is 7.13. The highest BCUT2D eigenvalue weighted by atomic mass is 79.9. The summed E-state index contributed by atoms with van der Waals surface area (Å²) in [5, 5.41) is 4.48. The Bertz CT molecular complexity index is 693. The van der Waals surface area contributed by atoms with E-state index in [4.69, 9.17) is 32.7 Å². The Morgan fingerprint density at radius 1 is 1.17 bits per heavy atom. The van der Waals surface area contributed by atoms with Gasteiger partial charge in [-0.1, -0.05) is 39.1 Å². The summed E-state index contributed by atoms with van der Waals surface area (Å²) in [6, 6.07) is 9.16. The predicted octanol–water partition coefficient (Wildman–Crippen LogP) is 6.16. The summed E-state index contributed by atoms with van der Waals surface area (Å²) >= 11 is 15.7. The van der Waals surface area contributed by atoms with E-state index in [2.05, 4.69) is 21.2 Å². The van der Waals surface area contributed by atoms with Crippen LogP contribution in [0.2, 0.25) is 10.0 Å². The predicted molar refractivity (Wildman–Crippen MR) is 100 cm³/mol. The van der Waals surface area contributed by atoms with Crippen molar-refractivity contribution in [1.82, 2.24) is 0 Å². The standard InChI is InChI=1S/C17H18BrCl2NO2/c1-10(2)23-17-12(13(18)5-7-16(17)22-3)9-21-15-6-4-11(19)8-14(15)20/h4-8,10,21H,9H2,1-3H3. The minimum atomic E-state index is 0.0380. The third-order valence-electron chi connectivity index (χ3n) is 3.13. The van der Waals surface area contributed by atoms with E-state index in [0.717, 1.165) is 21.5 Å². The van der Waals surface area contributed by atoms with E-state index in [1.807, 2.05) is 32.0 Å². The summed E-state index contributed by atoms with van der Waals surface area (Å²) in [5.41, 5.74) is 1.77. The summed E-state index contributed by atoms with van der Waals surface area (Å²) in [5.74, 6) is 1.41. The molecule has 0 aliphatic carbocycles. The van der Waals surface area contributed by atoms with Crippen LogP contribution in [0.1, 0.15) is 19.4 Å². The second-order valence-corrected chi connectivity index (χ2v) is 6.90. The number of hydrogen-bond acceptors (Lipinski definition) is 3. The highest BCUT2D eigenvalue weighted by Gasteiger charge is 2.16. The Balaban J connectivity index is 2.30. The molecule has 23 heavy (non-hydrogen) atoms. The molecule has 2 aromatic rings. The molecule has 0 amide bonds. The van der Waals surface area contributed by atoms with E-state index in [9.17, 15) is 0 Å². The molecule has 0 saturated heterocycles. The van der Waals surface area contributed by atoms with Crippen molar-refractivity contribution in [3.05, 3.63) is 50.4 Å². The first kappa shape index (κ1) is 18.2. The monoisotopic (exact) mass is 417 g/mol. The second-order valence-electron chi connectivity index (χ2n) is 5.20. The lowest BCUT2D eigenvalue weighted by Crippen LogP contribution is -2.11. The van der Waals surface area contributed by atoms with E-state index >= 15 is 0 Å². The zero-order valence-corrected chi connectivity index (χ0v) is 16.2. The average Bonchev–Trinajstić information content (AvgIpc) is 2.48. The molecule has 3 nitrogen and oxygen atoms in total. The van der Waals surface area contributed by atoms with Gasteiger partial charge in [0.25, 0.3) is 0 Å². The molecule has 124 valence electrons. The van der Waals surface area contributed by atoms with E-state index in [1.165, 1.54) is 0 Å². The fourth-order valence-corrected chi connectivity index (χ4v) is 3.02. The normalized spacial score (nSPS) is 10.7. The average molecular weight is 419 g/mol. The number of benzene rings is 2. The van der Waals surface area contributed by atoms with Crippen LogP contribution in [-0.2, 0) is 6.54 Å². The van der Waals surface area contributed by atoms with Gasteiger partial charge < -0.3 is 14.8 Å². The molecule has 2 aromatic carbocycles. The van der Waals surface area contributed by atoms with Gasteiger partial charge in [0, 0.05) is 21.6 Å². The van der Waals surface area contributed by atoms with Crippen LogP contribution >= 0.6 is 39.1 Å². The Labute approximate surface area is 155 Å². The van der Waals surface area contributed by atoms with Crippen LogP contribution in [0.3, 0.4) is 0 Å². The molecule has 0 bridgehead atoms. The molecule has 0 aliphatic heterocycles. The number of methoxy groups -OCH3 is 1. The molecular weight excluding hydrogens is 401 g/mol. The van der Waals surface area contributed by atoms with Crippen LogP contribution in [0.25, 0.3) is 0 Å². The van der Waals surface area contributed by atoms with Crippen LogP contribution < -0.4 is 14.8 Å². The maximum Gasteiger partial charge on any atom is 0.167 e. The van der Waals surface area contributed by atoms with Crippen LogP contribution in [0.5, 0.6) is 11.5 Å². The van der Waals surface area contributed by atoms with E-state index in [1.54, 1.807) is 19.2 Å². The number of hydrogen-bond donors (Lipinski definition) is 1. The molecule has 6 heteroatoms. The zero-order valence-electron chi connectivity index (χ0n) is 13.1. The third-order valence-corrected chi connectivity index (χ3v) is 4.42. The third kappa shape index (κ3) is 4.69. The number of rotatable bonds is 6. The van der Waals surface area contributed by atoms with Gasteiger partial charge in [-0.05, 0) is 44.2 Å². The summed E-state index contributed by atoms with van der Waals surface area (Å²) in [7, 11) is 1.63. The number of anilines is 1. The fraction of sp³-hybridized carbons (Fsp3) is 0.294. The molecule has 0 fully saturated rings. The van der Waals surface area contributed by atoms with Gasteiger partial charge in [0.05, 0.1) is 23.9 Å². The first-order valence-corrected chi connectivity index (χ1v) is 8.68. The molecular formula is C17H18BrCl2NO2. The number of ether oxygens (including phenoxy) is 2. The summed E-state index contributed by atoms with van der Waals surface area (Å²) < 4.78 is 12.3. The van der Waals surface area contributed by atoms with Crippen LogP contribution in [0.4, 0.5) is 5.69 Å². The zero-order chi connectivity index (χ0) is 17.0. The van der Waals surface area contributed by atoms with Crippen molar-refractivity contribution in [3.8, 4) is 11.5 Å². The second kappa shape index (κ2) is 8.13. The van der Waals surface area contributed by atoms with Gasteiger partial charge in [-0.3, -0.25) is 0 Å². The molecule has 0 saturated carbocycles. The van der Waals surface area contributed by atoms with Crippen LogP contribution in [0, 0.1) is 0 Å². The highest BCUT2D eigenvalue weighted by Crippen LogP contribution is 2.38. The lowest BCUT2D eigenvalue weighted by atomic mass is 10.1. The van der Waals surface area contributed by atoms with Gasteiger partial charge in [-0.2, -0.15) is 0 Å². The molecule has 0 unspecified atom stereocenters. The largest absolute Gasteiger partial charge is 0.493 e. The summed E-state index contributed by atoms with van der Waals surface area (Å²) in [6.45, 7) is 4.49. The van der Waals surface area contributed by atoms with Crippen molar-refractivity contribution in [3.63, 3.8) is 0 Å². The highest BCUT2D eigenvalue weighted by molar-refractivity contribution is 9.10. The molecule has 0 spiro atoms. The molecule has 0 radical (unpaired) electrons. The summed E-state index contributed by atoms with van der Waals surface area (Å²) in [6.07, 6.45) is 0.0380. The van der Waals surface area contributed by atoms with E-state index in [-0.39, 0.29) is 6.10 Å². The molecule has 0 heterocycles. The van der Waals surface area contributed by atoms with Gasteiger partial charge in [0.2, 0.25) is 0 Å². The van der Waals surface area contributed by atoms with E-state index < -0.39 is 0 Å². The molecule has 1 N–H and O–H groups in total. The van der Waals surface area contributed by atoms with Gasteiger partial charge in [0.1, 0.15) is 0 Å². The topological polar surface area (TPSA) is 30.5 Å². The van der Waals surface area contributed by atoms with Crippen molar-refractivity contribution >= 4 is 44.8 Å². The quantitative estimate of drug-likeness (QED) is 0.608. The molecule has 0 aromatic heterocycles. The maximum atomic E-state index is 6.20. The van der Waals surface area contributed by atoms with Gasteiger partial charge >= 0.3 is 0 Å². The van der Waals surface area contributed by atoms with Crippen LogP contribution in [0.15, 0.2) is 34.8 Å². The lowest BCUT2D eigenvalue weighted by Gasteiger charge is -2.19. The Hall–Kier alpha value is -1.10. The van der Waals surface area contributed by atoms with Crippen molar-refractivity contribution < 1.29 is 9.47 Å². The fourth-order valence-electron chi connectivity index (χ4n) is 2.09. The van der Waals surface area contributed by atoms with E-state index in [0.29, 0.717) is 22.3 Å². The van der Waals surface area contributed by atoms with Gasteiger partial charge in [-0.25, -0.2) is 0 Å². The Kier molecular flexibility index (Phi) is 6.45. The van der Waals surface area contributed by atoms with Crippen molar-refractivity contribution in [2.75, 3.05) is 12.4 Å². The Morgan fingerprint density at radius 3 is 2.52 bits per heavy atom. The Morgan fingerprint density at radius 2 is 1.91 bits per heavy atom. The maximum absolute atomic E-state index is 6.20. The molecule has 0 aliphatic rings. The lowest BCUT2D eigenvalue weighted by molar-refractivity contribution is 0.227. The smallest absolute Gasteiger partial charge is 0.167 e. The SMILES string of the molecule is COc1ccc(Br)c(CNc2ccc(Cl)cc2Cl)c1OC(C)C. The summed E-state index contributed by atoms with van der Waals surface area (Å²) in [4.78, 5) is 0. The number of halogens is 3.